The monoisotopic (exact) mass is 180 g/mol. The molecular weight excluding hydrogens is 164 g/mol. The van der Waals surface area contributed by atoms with E-state index in [2.05, 4.69) is 11.9 Å². The summed E-state index contributed by atoms with van der Waals surface area (Å²) in [7, 11) is 0. The van der Waals surface area contributed by atoms with Gasteiger partial charge < -0.3 is 10.7 Å². The van der Waals surface area contributed by atoms with Gasteiger partial charge in [0, 0.05) is 17.8 Å². The Morgan fingerprint density at radius 3 is 2.85 bits per heavy atom. The first-order valence-corrected chi connectivity index (χ1v) is 4.60. The minimum Gasteiger partial charge on any atom is -0.329 e. The Morgan fingerprint density at radius 2 is 2.31 bits per heavy atom. The van der Waals surface area contributed by atoms with E-state index in [1.54, 1.807) is 13.1 Å². The molecule has 0 unspecified atom stereocenters. The number of hydrogen-bond donors (Lipinski definition) is 2. The molecule has 1 aromatic heterocycles. The molecule has 1 aromatic rings. The Kier molecular flexibility index (Phi) is 3.25. The van der Waals surface area contributed by atoms with Crippen molar-refractivity contribution >= 4 is 0 Å². The minimum absolute atomic E-state index is 0.0348. The van der Waals surface area contributed by atoms with Crippen molar-refractivity contribution < 1.29 is 0 Å². The first-order chi connectivity index (χ1) is 6.15. The molecule has 13 heavy (non-hydrogen) atoms. The Balaban J connectivity index is 2.90. The molecule has 0 aliphatic carbocycles. The van der Waals surface area contributed by atoms with E-state index in [0.29, 0.717) is 0 Å². The molecule has 0 saturated heterocycles. The molecule has 1 heterocycles. The van der Waals surface area contributed by atoms with Crippen LogP contribution >= 0.6 is 0 Å². The predicted octanol–water partition coefficient (Wildman–Crippen LogP) is 1.48. The first-order valence-electron chi connectivity index (χ1n) is 4.60. The number of aromatic nitrogens is 1. The van der Waals surface area contributed by atoms with Crippen LogP contribution in [0.5, 0.6) is 0 Å². The lowest BCUT2D eigenvalue weighted by Crippen LogP contribution is -2.15. The Hall–Kier alpha value is -1.09. The van der Waals surface area contributed by atoms with Gasteiger partial charge in [-0.3, -0.25) is 4.79 Å². The van der Waals surface area contributed by atoms with Gasteiger partial charge in [0.15, 0.2) is 0 Å². The highest BCUT2D eigenvalue weighted by Gasteiger charge is 2.05. The van der Waals surface area contributed by atoms with E-state index >= 15 is 0 Å². The molecule has 0 aliphatic rings. The van der Waals surface area contributed by atoms with Gasteiger partial charge in [-0.1, -0.05) is 13.3 Å². The van der Waals surface area contributed by atoms with Gasteiger partial charge >= 0.3 is 0 Å². The highest BCUT2D eigenvalue weighted by Crippen LogP contribution is 2.13. The number of aromatic amines is 1. The number of nitrogens with two attached hydrogens (primary N) is 1. The van der Waals surface area contributed by atoms with Crippen molar-refractivity contribution in [1.29, 1.82) is 0 Å². The fraction of sp³-hybridized carbons (Fsp3) is 0.500. The van der Waals surface area contributed by atoms with Gasteiger partial charge in [0.05, 0.1) is 0 Å². The zero-order valence-electron chi connectivity index (χ0n) is 8.13. The van der Waals surface area contributed by atoms with Crippen molar-refractivity contribution in [2.24, 2.45) is 5.73 Å². The van der Waals surface area contributed by atoms with Gasteiger partial charge in [0.1, 0.15) is 0 Å². The summed E-state index contributed by atoms with van der Waals surface area (Å²) in [6.45, 7) is 3.89. The summed E-state index contributed by atoms with van der Waals surface area (Å²) >= 11 is 0. The number of H-pyrrole nitrogens is 1. The van der Waals surface area contributed by atoms with Crippen LogP contribution in [0, 0.1) is 6.92 Å². The Morgan fingerprint density at radius 1 is 1.62 bits per heavy atom. The topological polar surface area (TPSA) is 58.9 Å². The fourth-order valence-electron chi connectivity index (χ4n) is 1.31. The second-order valence-electron chi connectivity index (χ2n) is 3.34. The second-order valence-corrected chi connectivity index (χ2v) is 3.34. The molecule has 0 saturated carbocycles. The first kappa shape index (κ1) is 9.99. The number of aryl methyl sites for hydroxylation is 1. The Labute approximate surface area is 78.0 Å². The quantitative estimate of drug-likeness (QED) is 0.740. The molecule has 3 nitrogen and oxygen atoms in total. The average molecular weight is 180 g/mol. The minimum atomic E-state index is -0.0348. The molecule has 3 N–H and O–H groups in total. The van der Waals surface area contributed by atoms with Crippen molar-refractivity contribution in [3.63, 3.8) is 0 Å². The molecule has 0 radical (unpaired) electrons. The van der Waals surface area contributed by atoms with Gasteiger partial charge in [-0.25, -0.2) is 0 Å². The van der Waals surface area contributed by atoms with Crippen LogP contribution in [0.25, 0.3) is 0 Å². The standard InChI is InChI=1S/C10H16N2O/c1-3-4-9(11)8-5-7(2)10(13)12-6-8/h5-6,9H,3-4,11H2,1-2H3,(H,12,13)/t9-/m1/s1. The van der Waals surface area contributed by atoms with Crippen molar-refractivity contribution in [1.82, 2.24) is 4.98 Å². The fourth-order valence-corrected chi connectivity index (χ4v) is 1.31. The lowest BCUT2D eigenvalue weighted by molar-refractivity contribution is 0.635. The molecule has 1 rings (SSSR count). The van der Waals surface area contributed by atoms with E-state index < -0.39 is 0 Å². The number of pyridine rings is 1. The predicted molar refractivity (Wildman–Crippen MR) is 53.6 cm³/mol. The average Bonchev–Trinajstić information content (AvgIpc) is 2.10. The molecular formula is C10H16N2O. The SMILES string of the molecule is CCC[C@@H](N)c1c[nH]c(=O)c(C)c1. The smallest absolute Gasteiger partial charge is 0.250 e. The maximum atomic E-state index is 11.1. The molecule has 72 valence electrons. The van der Waals surface area contributed by atoms with Crippen LogP contribution in [-0.4, -0.2) is 4.98 Å². The zero-order valence-corrected chi connectivity index (χ0v) is 8.13. The largest absolute Gasteiger partial charge is 0.329 e. The van der Waals surface area contributed by atoms with Crippen molar-refractivity contribution in [3.05, 3.63) is 33.7 Å². The molecule has 0 aromatic carbocycles. The molecule has 0 aliphatic heterocycles. The van der Waals surface area contributed by atoms with Crippen molar-refractivity contribution in [2.45, 2.75) is 32.7 Å². The summed E-state index contributed by atoms with van der Waals surface area (Å²) in [5, 5.41) is 0. The van der Waals surface area contributed by atoms with Crippen LogP contribution in [-0.2, 0) is 0 Å². The van der Waals surface area contributed by atoms with Gasteiger partial charge in [0.2, 0.25) is 0 Å². The van der Waals surface area contributed by atoms with Crippen molar-refractivity contribution in [2.75, 3.05) is 0 Å². The maximum Gasteiger partial charge on any atom is 0.250 e. The van der Waals surface area contributed by atoms with E-state index in [1.165, 1.54) is 0 Å². The molecule has 0 spiro atoms. The summed E-state index contributed by atoms with van der Waals surface area (Å²) in [6, 6.07) is 1.90. The third kappa shape index (κ3) is 2.42. The highest BCUT2D eigenvalue weighted by atomic mass is 16.1. The summed E-state index contributed by atoms with van der Waals surface area (Å²) < 4.78 is 0. The van der Waals surface area contributed by atoms with Gasteiger partial charge in [0.25, 0.3) is 5.56 Å². The summed E-state index contributed by atoms with van der Waals surface area (Å²) in [5.41, 5.74) is 7.61. The van der Waals surface area contributed by atoms with E-state index in [9.17, 15) is 4.79 Å². The van der Waals surface area contributed by atoms with E-state index in [-0.39, 0.29) is 11.6 Å². The third-order valence-electron chi connectivity index (χ3n) is 2.14. The maximum absolute atomic E-state index is 11.1. The van der Waals surface area contributed by atoms with E-state index in [1.807, 2.05) is 6.07 Å². The van der Waals surface area contributed by atoms with Crippen molar-refractivity contribution in [3.8, 4) is 0 Å². The normalized spacial score (nSPS) is 12.8. The molecule has 1 atom stereocenters. The summed E-state index contributed by atoms with van der Waals surface area (Å²) in [4.78, 5) is 13.7. The van der Waals surface area contributed by atoms with Crippen LogP contribution in [0.3, 0.4) is 0 Å². The molecule has 3 heteroatoms. The van der Waals surface area contributed by atoms with Crippen LogP contribution in [0.2, 0.25) is 0 Å². The van der Waals surface area contributed by atoms with Gasteiger partial charge in [-0.15, -0.1) is 0 Å². The van der Waals surface area contributed by atoms with Crippen LogP contribution in [0.1, 0.15) is 36.9 Å². The molecule has 0 amide bonds. The highest BCUT2D eigenvalue weighted by molar-refractivity contribution is 5.19. The van der Waals surface area contributed by atoms with E-state index in [4.69, 9.17) is 5.73 Å². The van der Waals surface area contributed by atoms with Gasteiger partial charge in [-0.2, -0.15) is 0 Å². The second kappa shape index (κ2) is 4.23. The molecule has 0 bridgehead atoms. The van der Waals surface area contributed by atoms with Crippen LogP contribution < -0.4 is 11.3 Å². The lowest BCUT2D eigenvalue weighted by atomic mass is 10.0. The van der Waals surface area contributed by atoms with Crippen LogP contribution in [0.4, 0.5) is 0 Å². The zero-order chi connectivity index (χ0) is 9.84. The Bertz CT molecular complexity index is 330. The van der Waals surface area contributed by atoms with Gasteiger partial charge in [-0.05, 0) is 25.0 Å². The lowest BCUT2D eigenvalue weighted by Gasteiger charge is -2.10. The molecule has 0 fully saturated rings. The number of nitrogens with one attached hydrogen (secondary N) is 1. The number of rotatable bonds is 3. The third-order valence-corrected chi connectivity index (χ3v) is 2.14. The van der Waals surface area contributed by atoms with Crippen LogP contribution in [0.15, 0.2) is 17.1 Å². The van der Waals surface area contributed by atoms with E-state index in [0.717, 1.165) is 24.0 Å². The summed E-state index contributed by atoms with van der Waals surface area (Å²) in [5.74, 6) is 0. The summed E-state index contributed by atoms with van der Waals surface area (Å²) in [6.07, 6.45) is 3.71. The number of hydrogen-bond acceptors (Lipinski definition) is 2.